The van der Waals surface area contributed by atoms with E-state index in [2.05, 4.69) is 9.97 Å². The predicted molar refractivity (Wildman–Crippen MR) is 70.7 cm³/mol. The average molecular weight is 281 g/mol. The lowest BCUT2D eigenvalue weighted by Crippen LogP contribution is -2.45. The van der Waals surface area contributed by atoms with E-state index in [1.807, 2.05) is 0 Å². The zero-order chi connectivity index (χ0) is 14.4. The van der Waals surface area contributed by atoms with Crippen LogP contribution in [0.4, 0.5) is 0 Å². The van der Waals surface area contributed by atoms with Crippen LogP contribution in [0.5, 0.6) is 11.9 Å². The Balaban J connectivity index is 1.93. The van der Waals surface area contributed by atoms with Crippen LogP contribution in [0.3, 0.4) is 0 Å². The van der Waals surface area contributed by atoms with Gasteiger partial charge in [-0.05, 0) is 12.8 Å². The molecule has 0 spiro atoms. The Hall–Kier alpha value is -1.89. The number of methoxy groups -OCH3 is 2. The summed E-state index contributed by atoms with van der Waals surface area (Å²) in [6, 6.07) is 1.95. The van der Waals surface area contributed by atoms with Gasteiger partial charge in [0, 0.05) is 25.9 Å². The highest BCUT2D eigenvalue weighted by Crippen LogP contribution is 2.18. The summed E-state index contributed by atoms with van der Waals surface area (Å²) in [5, 5.41) is 0. The SMILES string of the molecule is COCC(=O)N1CCCC(Oc2ccnc(OC)n2)C1. The first-order chi connectivity index (χ1) is 9.72. The molecule has 1 aliphatic heterocycles. The van der Waals surface area contributed by atoms with Crippen LogP contribution < -0.4 is 9.47 Å². The molecule has 0 bridgehead atoms. The number of hydrogen-bond acceptors (Lipinski definition) is 6. The van der Waals surface area contributed by atoms with Crippen molar-refractivity contribution in [1.29, 1.82) is 0 Å². The maximum atomic E-state index is 11.8. The topological polar surface area (TPSA) is 73.8 Å². The maximum absolute atomic E-state index is 11.8. The Bertz CT molecular complexity index is 455. The fourth-order valence-electron chi connectivity index (χ4n) is 2.14. The van der Waals surface area contributed by atoms with Gasteiger partial charge < -0.3 is 19.1 Å². The van der Waals surface area contributed by atoms with Crippen molar-refractivity contribution in [3.05, 3.63) is 12.3 Å². The summed E-state index contributed by atoms with van der Waals surface area (Å²) in [5.74, 6) is 0.448. The minimum Gasteiger partial charge on any atom is -0.472 e. The monoisotopic (exact) mass is 281 g/mol. The molecule has 1 saturated heterocycles. The normalized spacial score (nSPS) is 18.7. The van der Waals surface area contributed by atoms with E-state index in [0.717, 1.165) is 19.4 Å². The Morgan fingerprint density at radius 3 is 3.10 bits per heavy atom. The molecule has 110 valence electrons. The van der Waals surface area contributed by atoms with Crippen LogP contribution >= 0.6 is 0 Å². The van der Waals surface area contributed by atoms with Gasteiger partial charge in [0.2, 0.25) is 11.8 Å². The van der Waals surface area contributed by atoms with Crippen LogP contribution in [0.15, 0.2) is 12.3 Å². The third kappa shape index (κ3) is 3.80. The van der Waals surface area contributed by atoms with Gasteiger partial charge in [-0.3, -0.25) is 4.79 Å². The summed E-state index contributed by atoms with van der Waals surface area (Å²) in [6.45, 7) is 1.40. The highest BCUT2D eigenvalue weighted by Gasteiger charge is 2.25. The molecule has 0 N–H and O–H groups in total. The van der Waals surface area contributed by atoms with Gasteiger partial charge >= 0.3 is 6.01 Å². The third-order valence-electron chi connectivity index (χ3n) is 3.08. The molecule has 2 heterocycles. The van der Waals surface area contributed by atoms with Gasteiger partial charge in [0.05, 0.1) is 13.7 Å². The Morgan fingerprint density at radius 2 is 2.35 bits per heavy atom. The fraction of sp³-hybridized carbons (Fsp3) is 0.615. The Morgan fingerprint density at radius 1 is 1.50 bits per heavy atom. The first kappa shape index (κ1) is 14.5. The van der Waals surface area contributed by atoms with E-state index in [9.17, 15) is 4.79 Å². The van der Waals surface area contributed by atoms with Gasteiger partial charge in [0.25, 0.3) is 0 Å². The molecular weight excluding hydrogens is 262 g/mol. The summed E-state index contributed by atoms with van der Waals surface area (Å²) in [6.07, 6.45) is 3.31. The molecule has 1 unspecified atom stereocenters. The molecule has 1 aromatic heterocycles. The van der Waals surface area contributed by atoms with Crippen LogP contribution in [0.1, 0.15) is 12.8 Å². The number of ether oxygens (including phenoxy) is 3. The number of amides is 1. The van der Waals surface area contributed by atoms with E-state index < -0.39 is 0 Å². The summed E-state index contributed by atoms with van der Waals surface area (Å²) < 4.78 is 15.6. The zero-order valence-corrected chi connectivity index (χ0v) is 11.7. The summed E-state index contributed by atoms with van der Waals surface area (Å²) >= 11 is 0. The van der Waals surface area contributed by atoms with Crippen molar-refractivity contribution >= 4 is 5.91 Å². The summed E-state index contributed by atoms with van der Waals surface area (Å²) in [4.78, 5) is 21.6. The number of rotatable bonds is 5. The lowest BCUT2D eigenvalue weighted by molar-refractivity contribution is -0.137. The molecule has 20 heavy (non-hydrogen) atoms. The molecule has 1 aliphatic rings. The fourth-order valence-corrected chi connectivity index (χ4v) is 2.14. The van der Waals surface area contributed by atoms with Crippen molar-refractivity contribution in [3.63, 3.8) is 0 Å². The molecule has 1 fully saturated rings. The third-order valence-corrected chi connectivity index (χ3v) is 3.08. The van der Waals surface area contributed by atoms with E-state index in [-0.39, 0.29) is 24.6 Å². The van der Waals surface area contributed by atoms with Gasteiger partial charge in [0.1, 0.15) is 12.7 Å². The smallest absolute Gasteiger partial charge is 0.319 e. The largest absolute Gasteiger partial charge is 0.472 e. The summed E-state index contributed by atoms with van der Waals surface area (Å²) in [7, 11) is 3.02. The van der Waals surface area contributed by atoms with Gasteiger partial charge in [-0.2, -0.15) is 4.98 Å². The number of carbonyl (C=O) groups is 1. The quantitative estimate of drug-likeness (QED) is 0.782. The molecule has 0 aliphatic carbocycles. The second kappa shape index (κ2) is 7.04. The van der Waals surface area contributed by atoms with Gasteiger partial charge in [-0.15, -0.1) is 0 Å². The first-order valence-corrected chi connectivity index (χ1v) is 6.53. The molecule has 0 radical (unpaired) electrons. The van der Waals surface area contributed by atoms with Gasteiger partial charge in [-0.25, -0.2) is 4.98 Å². The van der Waals surface area contributed by atoms with Crippen LogP contribution in [0.2, 0.25) is 0 Å². The van der Waals surface area contributed by atoms with Crippen molar-refractivity contribution in [1.82, 2.24) is 14.9 Å². The van der Waals surface area contributed by atoms with Crippen LogP contribution in [-0.2, 0) is 9.53 Å². The second-order valence-electron chi connectivity index (χ2n) is 4.54. The summed E-state index contributed by atoms with van der Waals surface area (Å²) in [5.41, 5.74) is 0. The van der Waals surface area contributed by atoms with E-state index in [0.29, 0.717) is 12.4 Å². The van der Waals surface area contributed by atoms with Gasteiger partial charge in [0.15, 0.2) is 0 Å². The number of aromatic nitrogens is 2. The molecule has 0 aromatic carbocycles. The molecule has 2 rings (SSSR count). The molecule has 7 nitrogen and oxygen atoms in total. The lowest BCUT2D eigenvalue weighted by atomic mass is 10.1. The van der Waals surface area contributed by atoms with Crippen LogP contribution in [0.25, 0.3) is 0 Å². The minimum atomic E-state index is -0.0656. The maximum Gasteiger partial charge on any atom is 0.319 e. The number of nitrogens with zero attached hydrogens (tertiary/aromatic N) is 3. The molecule has 1 amide bonds. The van der Waals surface area contributed by atoms with E-state index >= 15 is 0 Å². The molecule has 0 saturated carbocycles. The highest BCUT2D eigenvalue weighted by atomic mass is 16.5. The molecule has 7 heteroatoms. The van der Waals surface area contributed by atoms with Crippen LogP contribution in [0, 0.1) is 0 Å². The second-order valence-corrected chi connectivity index (χ2v) is 4.54. The predicted octanol–water partition coefficient (Wildman–Crippen LogP) is 0.501. The standard InChI is InChI=1S/C13H19N3O4/c1-18-9-12(17)16-7-3-4-10(8-16)20-11-5-6-14-13(15-11)19-2/h5-6,10H,3-4,7-9H2,1-2H3. The molecular formula is C13H19N3O4. The number of piperidine rings is 1. The van der Waals surface area contributed by atoms with Crippen molar-refractivity contribution in [2.24, 2.45) is 0 Å². The van der Waals surface area contributed by atoms with Crippen LogP contribution in [-0.4, -0.2) is 60.8 Å². The molecule has 1 aromatic rings. The first-order valence-electron chi connectivity index (χ1n) is 6.53. The Labute approximate surface area is 117 Å². The minimum absolute atomic E-state index is 0.0129. The average Bonchev–Trinajstić information content (AvgIpc) is 2.48. The van der Waals surface area contributed by atoms with E-state index in [4.69, 9.17) is 14.2 Å². The number of carbonyl (C=O) groups excluding carboxylic acids is 1. The Kier molecular flexibility index (Phi) is 5.11. The van der Waals surface area contributed by atoms with Crippen molar-refractivity contribution in [2.45, 2.75) is 18.9 Å². The van der Waals surface area contributed by atoms with E-state index in [1.165, 1.54) is 14.2 Å². The van der Waals surface area contributed by atoms with Crippen molar-refractivity contribution in [2.75, 3.05) is 33.9 Å². The molecule has 1 atom stereocenters. The van der Waals surface area contributed by atoms with Crippen molar-refractivity contribution in [3.8, 4) is 11.9 Å². The number of hydrogen-bond donors (Lipinski definition) is 0. The van der Waals surface area contributed by atoms with Crippen molar-refractivity contribution < 1.29 is 19.0 Å². The highest BCUT2D eigenvalue weighted by molar-refractivity contribution is 5.77. The number of likely N-dealkylation sites (tertiary alicyclic amines) is 1. The zero-order valence-electron chi connectivity index (χ0n) is 11.7. The van der Waals surface area contributed by atoms with E-state index in [1.54, 1.807) is 17.2 Å². The van der Waals surface area contributed by atoms with Gasteiger partial charge in [-0.1, -0.05) is 0 Å². The lowest BCUT2D eigenvalue weighted by Gasteiger charge is -2.32.